The lowest BCUT2D eigenvalue weighted by Crippen LogP contribution is -2.24. The van der Waals surface area contributed by atoms with Gasteiger partial charge in [0.25, 0.3) is 0 Å². The Morgan fingerprint density at radius 3 is 2.64 bits per heavy atom. The second-order valence-corrected chi connectivity index (χ2v) is 3.98. The second-order valence-electron chi connectivity index (χ2n) is 3.98. The SMILES string of the molecule is Cc1cn(CCN2CCCC2)c(N)n1. The van der Waals surface area contributed by atoms with Crippen LogP contribution in [-0.2, 0) is 6.54 Å². The monoisotopic (exact) mass is 194 g/mol. The van der Waals surface area contributed by atoms with Crippen LogP contribution in [0.2, 0.25) is 0 Å². The van der Waals surface area contributed by atoms with Crippen LogP contribution in [0.5, 0.6) is 0 Å². The van der Waals surface area contributed by atoms with Crippen LogP contribution in [0.4, 0.5) is 5.95 Å². The molecule has 0 atom stereocenters. The number of nitrogens with two attached hydrogens (primary N) is 1. The molecule has 0 bridgehead atoms. The van der Waals surface area contributed by atoms with Crippen molar-refractivity contribution in [1.82, 2.24) is 14.5 Å². The van der Waals surface area contributed by atoms with Gasteiger partial charge in [-0.05, 0) is 32.9 Å². The normalized spacial score (nSPS) is 17.8. The van der Waals surface area contributed by atoms with Gasteiger partial charge in [-0.3, -0.25) is 0 Å². The Morgan fingerprint density at radius 1 is 1.36 bits per heavy atom. The first-order valence-electron chi connectivity index (χ1n) is 5.27. The molecule has 1 aromatic heterocycles. The van der Waals surface area contributed by atoms with Gasteiger partial charge in [-0.25, -0.2) is 4.98 Å². The fourth-order valence-electron chi connectivity index (χ4n) is 2.00. The van der Waals surface area contributed by atoms with E-state index in [1.54, 1.807) is 0 Å². The second kappa shape index (κ2) is 4.00. The summed E-state index contributed by atoms with van der Waals surface area (Å²) in [4.78, 5) is 6.66. The van der Waals surface area contributed by atoms with Crippen molar-refractivity contribution in [2.75, 3.05) is 25.4 Å². The van der Waals surface area contributed by atoms with E-state index >= 15 is 0 Å². The number of aromatic nitrogens is 2. The highest BCUT2D eigenvalue weighted by Crippen LogP contribution is 2.09. The molecule has 0 amide bonds. The molecule has 0 saturated carbocycles. The lowest BCUT2D eigenvalue weighted by molar-refractivity contribution is 0.323. The van der Waals surface area contributed by atoms with E-state index in [9.17, 15) is 0 Å². The third-order valence-corrected chi connectivity index (χ3v) is 2.78. The van der Waals surface area contributed by atoms with Crippen molar-refractivity contribution in [3.05, 3.63) is 11.9 Å². The van der Waals surface area contributed by atoms with Gasteiger partial charge >= 0.3 is 0 Å². The first-order chi connectivity index (χ1) is 6.75. The molecule has 0 radical (unpaired) electrons. The Kier molecular flexibility index (Phi) is 2.72. The van der Waals surface area contributed by atoms with Crippen molar-refractivity contribution >= 4 is 5.95 Å². The minimum Gasteiger partial charge on any atom is -0.369 e. The first-order valence-corrected chi connectivity index (χ1v) is 5.27. The summed E-state index contributed by atoms with van der Waals surface area (Å²) in [5, 5.41) is 0. The summed E-state index contributed by atoms with van der Waals surface area (Å²) in [6, 6.07) is 0. The van der Waals surface area contributed by atoms with Crippen molar-refractivity contribution in [1.29, 1.82) is 0 Å². The van der Waals surface area contributed by atoms with Gasteiger partial charge in [0.15, 0.2) is 5.95 Å². The number of hydrogen-bond acceptors (Lipinski definition) is 3. The average molecular weight is 194 g/mol. The van der Waals surface area contributed by atoms with Crippen molar-refractivity contribution in [3.63, 3.8) is 0 Å². The maximum atomic E-state index is 5.76. The largest absolute Gasteiger partial charge is 0.369 e. The first kappa shape index (κ1) is 9.52. The fourth-order valence-corrected chi connectivity index (χ4v) is 2.00. The van der Waals surface area contributed by atoms with Gasteiger partial charge in [0.2, 0.25) is 0 Å². The molecular weight excluding hydrogens is 176 g/mol. The number of nitrogen functional groups attached to an aromatic ring is 1. The number of aryl methyl sites for hydroxylation is 1. The van der Waals surface area contributed by atoms with Gasteiger partial charge in [-0.2, -0.15) is 0 Å². The molecule has 2 heterocycles. The maximum Gasteiger partial charge on any atom is 0.200 e. The van der Waals surface area contributed by atoms with Crippen LogP contribution in [0.3, 0.4) is 0 Å². The van der Waals surface area contributed by atoms with Gasteiger partial charge in [-0.15, -0.1) is 0 Å². The lowest BCUT2D eigenvalue weighted by atomic mass is 10.4. The number of rotatable bonds is 3. The van der Waals surface area contributed by atoms with E-state index in [1.807, 2.05) is 17.7 Å². The Morgan fingerprint density at radius 2 is 2.07 bits per heavy atom. The predicted octanol–water partition coefficient (Wildman–Crippen LogP) is 0.870. The van der Waals surface area contributed by atoms with E-state index in [0.29, 0.717) is 5.95 Å². The molecule has 0 aromatic carbocycles. The van der Waals surface area contributed by atoms with Gasteiger partial charge < -0.3 is 15.2 Å². The van der Waals surface area contributed by atoms with E-state index in [4.69, 9.17) is 5.73 Å². The summed E-state index contributed by atoms with van der Waals surface area (Å²) >= 11 is 0. The average Bonchev–Trinajstić information content (AvgIpc) is 2.72. The Hall–Kier alpha value is -1.03. The maximum absolute atomic E-state index is 5.76. The highest BCUT2D eigenvalue weighted by atomic mass is 15.2. The smallest absolute Gasteiger partial charge is 0.200 e. The molecule has 1 saturated heterocycles. The van der Waals surface area contributed by atoms with Crippen LogP contribution in [0.25, 0.3) is 0 Å². The van der Waals surface area contributed by atoms with Crippen LogP contribution < -0.4 is 5.73 Å². The van der Waals surface area contributed by atoms with Crippen LogP contribution in [0.15, 0.2) is 6.20 Å². The highest BCUT2D eigenvalue weighted by Gasteiger charge is 2.11. The number of hydrogen-bond donors (Lipinski definition) is 1. The molecule has 1 fully saturated rings. The molecule has 14 heavy (non-hydrogen) atoms. The lowest BCUT2D eigenvalue weighted by Gasteiger charge is -2.14. The Balaban J connectivity index is 1.87. The van der Waals surface area contributed by atoms with Crippen LogP contribution in [-0.4, -0.2) is 34.1 Å². The van der Waals surface area contributed by atoms with E-state index in [0.717, 1.165) is 18.8 Å². The van der Waals surface area contributed by atoms with E-state index in [1.165, 1.54) is 25.9 Å². The minimum atomic E-state index is 0.640. The van der Waals surface area contributed by atoms with E-state index < -0.39 is 0 Å². The van der Waals surface area contributed by atoms with Crippen molar-refractivity contribution < 1.29 is 0 Å². The number of likely N-dealkylation sites (tertiary alicyclic amines) is 1. The molecule has 1 aliphatic heterocycles. The van der Waals surface area contributed by atoms with Crippen LogP contribution in [0.1, 0.15) is 18.5 Å². The quantitative estimate of drug-likeness (QED) is 0.776. The summed E-state index contributed by atoms with van der Waals surface area (Å²) in [5.41, 5.74) is 6.76. The Bertz CT molecular complexity index is 299. The summed E-state index contributed by atoms with van der Waals surface area (Å²) in [6.45, 7) is 6.52. The van der Waals surface area contributed by atoms with Crippen molar-refractivity contribution in [2.24, 2.45) is 0 Å². The number of anilines is 1. The third-order valence-electron chi connectivity index (χ3n) is 2.78. The summed E-state index contributed by atoms with van der Waals surface area (Å²) in [5.74, 6) is 0.640. The van der Waals surface area contributed by atoms with Crippen molar-refractivity contribution in [3.8, 4) is 0 Å². The third kappa shape index (κ3) is 2.07. The topological polar surface area (TPSA) is 47.1 Å². The van der Waals surface area contributed by atoms with Crippen LogP contribution in [0, 0.1) is 6.92 Å². The summed E-state index contributed by atoms with van der Waals surface area (Å²) in [6.07, 6.45) is 4.71. The molecule has 1 aliphatic rings. The molecule has 4 nitrogen and oxygen atoms in total. The zero-order valence-corrected chi connectivity index (χ0v) is 8.74. The minimum absolute atomic E-state index is 0.640. The zero-order chi connectivity index (χ0) is 9.97. The number of nitrogens with zero attached hydrogens (tertiary/aromatic N) is 3. The molecular formula is C10H18N4. The zero-order valence-electron chi connectivity index (χ0n) is 8.74. The molecule has 4 heteroatoms. The molecule has 78 valence electrons. The van der Waals surface area contributed by atoms with Gasteiger partial charge in [0, 0.05) is 19.3 Å². The van der Waals surface area contributed by atoms with Gasteiger partial charge in [-0.1, -0.05) is 0 Å². The molecule has 0 spiro atoms. The van der Waals surface area contributed by atoms with E-state index in [2.05, 4.69) is 9.88 Å². The number of imidazole rings is 1. The summed E-state index contributed by atoms with van der Waals surface area (Å²) in [7, 11) is 0. The fraction of sp³-hybridized carbons (Fsp3) is 0.700. The molecule has 0 aliphatic carbocycles. The van der Waals surface area contributed by atoms with E-state index in [-0.39, 0.29) is 0 Å². The molecule has 2 rings (SSSR count). The molecule has 0 unspecified atom stereocenters. The molecule has 1 aromatic rings. The van der Waals surface area contributed by atoms with Crippen LogP contribution >= 0.6 is 0 Å². The predicted molar refractivity (Wildman–Crippen MR) is 57.1 cm³/mol. The van der Waals surface area contributed by atoms with Crippen molar-refractivity contribution in [2.45, 2.75) is 26.3 Å². The Labute approximate surface area is 84.7 Å². The highest BCUT2D eigenvalue weighted by molar-refractivity contribution is 5.21. The van der Waals surface area contributed by atoms with Gasteiger partial charge in [0.1, 0.15) is 0 Å². The summed E-state index contributed by atoms with van der Waals surface area (Å²) < 4.78 is 2.04. The van der Waals surface area contributed by atoms with Gasteiger partial charge in [0.05, 0.1) is 5.69 Å². The standard InChI is InChI=1S/C10H18N4/c1-9-8-14(10(11)12-9)7-6-13-4-2-3-5-13/h8H,2-7H2,1H3,(H2,11,12). The molecule has 2 N–H and O–H groups in total.